The topological polar surface area (TPSA) is 65.0 Å². The second kappa shape index (κ2) is 5.73. The van der Waals surface area contributed by atoms with E-state index in [2.05, 4.69) is 0 Å². The molecule has 5 nitrogen and oxygen atoms in total. The van der Waals surface area contributed by atoms with Crippen LogP contribution in [0.3, 0.4) is 0 Å². The van der Waals surface area contributed by atoms with Crippen LogP contribution < -0.4 is 5.46 Å². The number of carbonyl (C=O) groups is 1. The van der Waals surface area contributed by atoms with Crippen molar-refractivity contribution < 1.29 is 23.9 Å². The normalized spacial score (nSPS) is 21.1. The summed E-state index contributed by atoms with van der Waals surface area (Å²) in [4.78, 5) is 12.0. The Morgan fingerprint density at radius 3 is 3.15 bits per heavy atom. The third kappa shape index (κ3) is 2.69. The van der Waals surface area contributed by atoms with Crippen LogP contribution in [0.2, 0.25) is 5.02 Å². The van der Waals surface area contributed by atoms with Crippen molar-refractivity contribution in [2.24, 2.45) is 0 Å². The molecule has 2 aliphatic rings. The van der Waals surface area contributed by atoms with E-state index in [4.69, 9.17) is 25.7 Å². The van der Waals surface area contributed by atoms with Crippen LogP contribution in [-0.4, -0.2) is 37.4 Å². The maximum atomic E-state index is 12.0. The van der Waals surface area contributed by atoms with Gasteiger partial charge in [0.1, 0.15) is 6.61 Å². The molecule has 1 aromatic carbocycles. The van der Waals surface area contributed by atoms with Gasteiger partial charge in [-0.05, 0) is 36.0 Å². The van der Waals surface area contributed by atoms with Gasteiger partial charge in [-0.25, -0.2) is 4.79 Å². The van der Waals surface area contributed by atoms with E-state index >= 15 is 0 Å². The molecular formula is C13H14BClO5. The number of hydrogen-bond acceptors (Lipinski definition) is 5. The molecule has 0 aromatic heterocycles. The number of fused-ring (bicyclic) bond motifs is 1. The van der Waals surface area contributed by atoms with Crippen molar-refractivity contribution in [2.75, 3.05) is 13.2 Å². The summed E-state index contributed by atoms with van der Waals surface area (Å²) in [5.74, 6) is -0.507. The fourth-order valence-corrected chi connectivity index (χ4v) is 2.69. The predicted molar refractivity (Wildman–Crippen MR) is 73.1 cm³/mol. The molecule has 1 atom stereocenters. The average Bonchev–Trinajstić information content (AvgIpc) is 3.06. The molecule has 0 spiro atoms. The van der Waals surface area contributed by atoms with Crippen molar-refractivity contribution in [3.63, 3.8) is 0 Å². The molecule has 1 aromatic rings. The lowest BCUT2D eigenvalue weighted by Gasteiger charge is -2.11. The fraction of sp³-hybridized carbons (Fsp3) is 0.462. The molecule has 1 saturated heterocycles. The highest BCUT2D eigenvalue weighted by Gasteiger charge is 2.30. The van der Waals surface area contributed by atoms with E-state index < -0.39 is 13.1 Å². The lowest BCUT2D eigenvalue weighted by molar-refractivity contribution is 0.0161. The molecule has 1 unspecified atom stereocenters. The van der Waals surface area contributed by atoms with Gasteiger partial charge in [-0.1, -0.05) is 11.6 Å². The Kier molecular flexibility index (Phi) is 3.98. The summed E-state index contributed by atoms with van der Waals surface area (Å²) in [7, 11) is -1.01. The molecule has 0 bridgehead atoms. The zero-order chi connectivity index (χ0) is 14.1. The molecule has 3 rings (SSSR count). The first-order chi connectivity index (χ1) is 9.65. The molecule has 20 heavy (non-hydrogen) atoms. The smallest absolute Gasteiger partial charge is 0.459 e. The van der Waals surface area contributed by atoms with Crippen molar-refractivity contribution in [1.82, 2.24) is 0 Å². The predicted octanol–water partition coefficient (Wildman–Crippen LogP) is 0.893. The highest BCUT2D eigenvalue weighted by Crippen LogP contribution is 2.22. The van der Waals surface area contributed by atoms with E-state index in [0.717, 1.165) is 18.4 Å². The Morgan fingerprint density at radius 1 is 1.55 bits per heavy atom. The van der Waals surface area contributed by atoms with Gasteiger partial charge < -0.3 is 19.2 Å². The minimum absolute atomic E-state index is 0.0268. The lowest BCUT2D eigenvalue weighted by atomic mass is 9.79. The maximum Gasteiger partial charge on any atom is 0.491 e. The molecule has 7 heteroatoms. The Morgan fingerprint density at radius 2 is 2.40 bits per heavy atom. The number of carbonyl (C=O) groups excluding carboxylic acids is 1. The number of hydrogen-bond donors (Lipinski definition) is 1. The van der Waals surface area contributed by atoms with Crippen molar-refractivity contribution in [1.29, 1.82) is 0 Å². The van der Waals surface area contributed by atoms with E-state index in [-0.39, 0.29) is 18.3 Å². The molecule has 106 valence electrons. The van der Waals surface area contributed by atoms with Crippen molar-refractivity contribution in [2.45, 2.75) is 25.6 Å². The Balaban J connectivity index is 1.72. The van der Waals surface area contributed by atoms with Crippen molar-refractivity contribution in [3.8, 4) is 0 Å². The van der Waals surface area contributed by atoms with Crippen molar-refractivity contribution >= 4 is 30.2 Å². The summed E-state index contributed by atoms with van der Waals surface area (Å²) in [6.45, 7) is 1.23. The van der Waals surface area contributed by atoms with Crippen LogP contribution >= 0.6 is 11.6 Å². The van der Waals surface area contributed by atoms with E-state index in [1.165, 1.54) is 6.07 Å². The van der Waals surface area contributed by atoms with E-state index in [1.807, 2.05) is 0 Å². The SMILES string of the molecule is O=C(OCC1CCCO1)c1cc2c(cc1Cl)COB2O. The zero-order valence-corrected chi connectivity index (χ0v) is 11.6. The van der Waals surface area contributed by atoms with Crippen LogP contribution in [0.5, 0.6) is 0 Å². The van der Waals surface area contributed by atoms with E-state index in [9.17, 15) is 9.82 Å². The molecule has 0 amide bonds. The minimum Gasteiger partial charge on any atom is -0.459 e. The third-order valence-corrected chi connectivity index (χ3v) is 3.85. The standard InChI is InChI=1S/C13H14BClO5/c15-12-4-8-6-20-14(17)11(8)5-10(12)13(16)19-7-9-2-1-3-18-9/h4-5,9,17H,1-3,6-7H2. The number of benzene rings is 1. The Hall–Kier alpha value is -1.08. The van der Waals surface area contributed by atoms with E-state index in [0.29, 0.717) is 23.7 Å². The molecule has 0 saturated carbocycles. The third-order valence-electron chi connectivity index (χ3n) is 3.54. The van der Waals surface area contributed by atoms with Gasteiger partial charge in [-0.2, -0.15) is 0 Å². The summed E-state index contributed by atoms with van der Waals surface area (Å²) in [6.07, 6.45) is 1.87. The molecule has 0 radical (unpaired) electrons. The summed E-state index contributed by atoms with van der Waals surface area (Å²) in [6, 6.07) is 3.17. The summed E-state index contributed by atoms with van der Waals surface area (Å²) in [5.41, 5.74) is 1.60. The van der Waals surface area contributed by atoms with Crippen LogP contribution in [0.4, 0.5) is 0 Å². The number of rotatable bonds is 3. The van der Waals surface area contributed by atoms with Gasteiger partial charge in [0, 0.05) is 6.61 Å². The van der Waals surface area contributed by atoms with E-state index in [1.54, 1.807) is 6.07 Å². The Bertz CT molecular complexity index is 530. The van der Waals surface area contributed by atoms with Gasteiger partial charge in [-0.15, -0.1) is 0 Å². The second-order valence-electron chi connectivity index (χ2n) is 4.93. The van der Waals surface area contributed by atoms with Crippen LogP contribution in [0, 0.1) is 0 Å². The van der Waals surface area contributed by atoms with Gasteiger partial charge in [0.05, 0.1) is 23.3 Å². The number of esters is 1. The highest BCUT2D eigenvalue weighted by molar-refractivity contribution is 6.61. The van der Waals surface area contributed by atoms with Crippen molar-refractivity contribution in [3.05, 3.63) is 28.3 Å². The first-order valence-electron chi connectivity index (χ1n) is 6.56. The molecule has 2 heterocycles. The molecular weight excluding hydrogens is 282 g/mol. The van der Waals surface area contributed by atoms with Gasteiger partial charge in [0.2, 0.25) is 0 Å². The zero-order valence-electron chi connectivity index (χ0n) is 10.8. The van der Waals surface area contributed by atoms with Crippen LogP contribution in [0.15, 0.2) is 12.1 Å². The quantitative estimate of drug-likeness (QED) is 0.663. The molecule has 0 aliphatic carbocycles. The molecule has 2 aliphatic heterocycles. The highest BCUT2D eigenvalue weighted by atomic mass is 35.5. The Labute approximate surface area is 121 Å². The van der Waals surface area contributed by atoms with Gasteiger partial charge >= 0.3 is 13.1 Å². The largest absolute Gasteiger partial charge is 0.491 e. The first kappa shape index (κ1) is 13.9. The minimum atomic E-state index is -1.01. The lowest BCUT2D eigenvalue weighted by Crippen LogP contribution is -2.29. The van der Waals surface area contributed by atoms with Gasteiger partial charge in [0.15, 0.2) is 0 Å². The fourth-order valence-electron chi connectivity index (χ4n) is 2.42. The summed E-state index contributed by atoms with van der Waals surface area (Å²) >= 11 is 6.08. The first-order valence-corrected chi connectivity index (χ1v) is 6.93. The molecule has 1 N–H and O–H groups in total. The molecule has 1 fully saturated rings. The average molecular weight is 297 g/mol. The second-order valence-corrected chi connectivity index (χ2v) is 5.33. The van der Waals surface area contributed by atoms with Crippen LogP contribution in [-0.2, 0) is 20.7 Å². The summed E-state index contributed by atoms with van der Waals surface area (Å²) < 4.78 is 15.7. The number of halogens is 1. The maximum absolute atomic E-state index is 12.0. The van der Waals surface area contributed by atoms with Gasteiger partial charge in [-0.3, -0.25) is 0 Å². The van der Waals surface area contributed by atoms with Crippen LogP contribution in [0.1, 0.15) is 28.8 Å². The van der Waals surface area contributed by atoms with Gasteiger partial charge in [0.25, 0.3) is 0 Å². The summed E-state index contributed by atoms with van der Waals surface area (Å²) in [5, 5.41) is 9.95. The number of ether oxygens (including phenoxy) is 2. The van der Waals surface area contributed by atoms with Crippen LogP contribution in [0.25, 0.3) is 0 Å². The monoisotopic (exact) mass is 296 g/mol.